The number of imidazole rings is 1. The van der Waals surface area contributed by atoms with Crippen molar-refractivity contribution in [3.8, 4) is 0 Å². The van der Waals surface area contributed by atoms with Gasteiger partial charge in [0.2, 0.25) is 0 Å². The number of para-hydroxylation sites is 1. The number of aromatic nitrogens is 2. The summed E-state index contributed by atoms with van der Waals surface area (Å²) < 4.78 is 0. The van der Waals surface area contributed by atoms with Gasteiger partial charge in [-0.2, -0.15) is 0 Å². The van der Waals surface area contributed by atoms with Gasteiger partial charge in [-0.15, -0.1) is 0 Å². The molecule has 1 aliphatic heterocycles. The number of carbonyl (C=O) groups excluding carboxylic acids is 1. The van der Waals surface area contributed by atoms with Crippen molar-refractivity contribution in [3.63, 3.8) is 0 Å². The molecule has 3 rings (SSSR count). The lowest BCUT2D eigenvalue weighted by molar-refractivity contribution is 0.0955. The van der Waals surface area contributed by atoms with Crippen LogP contribution in [0.5, 0.6) is 0 Å². The highest BCUT2D eigenvalue weighted by Crippen LogP contribution is 2.30. The summed E-state index contributed by atoms with van der Waals surface area (Å²) in [5.74, 6) is 0.648. The Balaban J connectivity index is 1.72. The van der Waals surface area contributed by atoms with Gasteiger partial charge in [0.1, 0.15) is 11.3 Å². The van der Waals surface area contributed by atoms with Crippen LogP contribution in [-0.2, 0) is 5.54 Å². The summed E-state index contributed by atoms with van der Waals surface area (Å²) in [5, 5.41) is 17.1. The Kier molecular flexibility index (Phi) is 4.89. The minimum atomic E-state index is -1.06. The molecule has 1 saturated heterocycles. The Morgan fingerprint density at radius 3 is 2.84 bits per heavy atom. The van der Waals surface area contributed by atoms with Crippen molar-refractivity contribution in [2.45, 2.75) is 31.7 Å². The van der Waals surface area contributed by atoms with Gasteiger partial charge in [-0.1, -0.05) is 6.07 Å². The number of carbonyl (C=O) groups is 2. The van der Waals surface area contributed by atoms with Gasteiger partial charge < -0.3 is 26.0 Å². The van der Waals surface area contributed by atoms with E-state index in [1.807, 2.05) is 12.1 Å². The maximum Gasteiger partial charge on any atom is 0.404 e. The second kappa shape index (κ2) is 7.10. The van der Waals surface area contributed by atoms with E-state index in [4.69, 9.17) is 5.11 Å². The zero-order chi connectivity index (χ0) is 17.9. The van der Waals surface area contributed by atoms with Crippen molar-refractivity contribution in [3.05, 3.63) is 29.6 Å². The molecule has 1 fully saturated rings. The van der Waals surface area contributed by atoms with Crippen molar-refractivity contribution in [1.29, 1.82) is 0 Å². The molecule has 0 bridgehead atoms. The van der Waals surface area contributed by atoms with Gasteiger partial charge in [0.05, 0.1) is 16.6 Å². The maximum absolute atomic E-state index is 12.4. The molecular formula is C17H23N5O3. The fourth-order valence-corrected chi connectivity index (χ4v) is 3.15. The van der Waals surface area contributed by atoms with E-state index in [1.165, 1.54) is 0 Å². The maximum atomic E-state index is 12.4. The molecule has 25 heavy (non-hydrogen) atoms. The lowest BCUT2D eigenvalue weighted by Crippen LogP contribution is -2.34. The normalized spacial score (nSPS) is 19.9. The average Bonchev–Trinajstić information content (AvgIpc) is 3.20. The summed E-state index contributed by atoms with van der Waals surface area (Å²) in [6.07, 6.45) is 1.58. The summed E-state index contributed by atoms with van der Waals surface area (Å²) in [7, 11) is 0. The van der Waals surface area contributed by atoms with Crippen molar-refractivity contribution < 1.29 is 14.7 Å². The van der Waals surface area contributed by atoms with E-state index in [1.54, 1.807) is 6.07 Å². The van der Waals surface area contributed by atoms with Crippen molar-refractivity contribution in [2.24, 2.45) is 0 Å². The van der Waals surface area contributed by atoms with Gasteiger partial charge in [-0.25, -0.2) is 9.78 Å². The molecular weight excluding hydrogens is 322 g/mol. The summed E-state index contributed by atoms with van der Waals surface area (Å²) >= 11 is 0. The number of fused-ring (bicyclic) bond motifs is 1. The standard InChI is InChI=1S/C17H23N5O3/c1-17(7-3-10-20-17)15-21-12-6-2-5-11(13(12)22-15)14(23)18-8-4-9-19-16(24)25/h2,5-6,19-20H,3-4,7-10H2,1H3,(H,18,23)(H,21,22)(H,24,25)/t17-/m0/s1. The topological polar surface area (TPSA) is 119 Å². The van der Waals surface area contributed by atoms with Crippen LogP contribution in [-0.4, -0.2) is 46.7 Å². The number of nitrogens with one attached hydrogen (secondary N) is 4. The Labute approximate surface area is 145 Å². The number of rotatable bonds is 6. The molecule has 2 aromatic rings. The number of nitrogens with zero attached hydrogens (tertiary/aromatic N) is 1. The fourth-order valence-electron chi connectivity index (χ4n) is 3.15. The first-order valence-corrected chi connectivity index (χ1v) is 8.49. The molecule has 1 aromatic carbocycles. The zero-order valence-electron chi connectivity index (χ0n) is 14.2. The van der Waals surface area contributed by atoms with Crippen LogP contribution in [0.2, 0.25) is 0 Å². The van der Waals surface area contributed by atoms with Crippen LogP contribution in [0.1, 0.15) is 42.4 Å². The number of aromatic amines is 1. The van der Waals surface area contributed by atoms with E-state index in [0.29, 0.717) is 30.6 Å². The third kappa shape index (κ3) is 3.74. The van der Waals surface area contributed by atoms with E-state index < -0.39 is 6.09 Å². The summed E-state index contributed by atoms with van der Waals surface area (Å²) in [4.78, 5) is 30.9. The highest BCUT2D eigenvalue weighted by Gasteiger charge is 2.33. The van der Waals surface area contributed by atoms with Crippen molar-refractivity contribution in [1.82, 2.24) is 25.9 Å². The second-order valence-corrected chi connectivity index (χ2v) is 6.49. The second-order valence-electron chi connectivity index (χ2n) is 6.49. The van der Waals surface area contributed by atoms with Crippen LogP contribution in [0, 0.1) is 0 Å². The molecule has 134 valence electrons. The Morgan fingerprint density at radius 1 is 1.32 bits per heavy atom. The Hall–Kier alpha value is -2.61. The lowest BCUT2D eigenvalue weighted by Gasteiger charge is -2.21. The predicted octanol–water partition coefficient (Wildman–Crippen LogP) is 1.55. The highest BCUT2D eigenvalue weighted by molar-refractivity contribution is 6.04. The van der Waals surface area contributed by atoms with E-state index in [2.05, 4.69) is 32.8 Å². The molecule has 8 heteroatoms. The van der Waals surface area contributed by atoms with Gasteiger partial charge in [0.15, 0.2) is 0 Å². The number of amides is 2. The minimum absolute atomic E-state index is 0.185. The predicted molar refractivity (Wildman–Crippen MR) is 93.7 cm³/mol. The smallest absolute Gasteiger partial charge is 0.404 e. The van der Waals surface area contributed by atoms with Crippen LogP contribution in [0.4, 0.5) is 4.79 Å². The van der Waals surface area contributed by atoms with Crippen LogP contribution < -0.4 is 16.0 Å². The van der Waals surface area contributed by atoms with E-state index in [-0.39, 0.29) is 11.4 Å². The zero-order valence-corrected chi connectivity index (χ0v) is 14.2. The molecule has 1 atom stereocenters. The Morgan fingerprint density at radius 2 is 2.12 bits per heavy atom. The third-order valence-electron chi connectivity index (χ3n) is 4.56. The lowest BCUT2D eigenvalue weighted by atomic mass is 10.00. The molecule has 0 radical (unpaired) electrons. The molecule has 0 spiro atoms. The SMILES string of the molecule is C[C@@]1(c2nc3c(C(=O)NCCCNC(=O)O)cccc3[nH]2)CCCN1. The van der Waals surface area contributed by atoms with Crippen LogP contribution in [0.25, 0.3) is 11.0 Å². The summed E-state index contributed by atoms with van der Waals surface area (Å²) in [6.45, 7) is 3.78. The molecule has 0 saturated carbocycles. The van der Waals surface area contributed by atoms with Gasteiger partial charge in [0.25, 0.3) is 5.91 Å². The van der Waals surface area contributed by atoms with Gasteiger partial charge in [-0.05, 0) is 44.9 Å². The highest BCUT2D eigenvalue weighted by atomic mass is 16.4. The molecule has 1 aromatic heterocycles. The number of carboxylic acid groups (broad SMARTS) is 1. The molecule has 1 aliphatic rings. The third-order valence-corrected chi connectivity index (χ3v) is 4.56. The van der Waals surface area contributed by atoms with Gasteiger partial charge in [0, 0.05) is 13.1 Å². The van der Waals surface area contributed by atoms with Gasteiger partial charge in [-0.3, -0.25) is 4.79 Å². The van der Waals surface area contributed by atoms with Crippen LogP contribution in [0.15, 0.2) is 18.2 Å². The van der Waals surface area contributed by atoms with Gasteiger partial charge >= 0.3 is 6.09 Å². The molecule has 5 N–H and O–H groups in total. The Bertz CT molecular complexity index is 780. The van der Waals surface area contributed by atoms with Crippen LogP contribution >= 0.6 is 0 Å². The summed E-state index contributed by atoms with van der Waals surface area (Å²) in [5.41, 5.74) is 1.83. The van der Waals surface area contributed by atoms with E-state index in [0.717, 1.165) is 30.7 Å². The van der Waals surface area contributed by atoms with Crippen molar-refractivity contribution >= 4 is 23.0 Å². The summed E-state index contributed by atoms with van der Waals surface area (Å²) in [6, 6.07) is 5.50. The monoisotopic (exact) mass is 345 g/mol. The minimum Gasteiger partial charge on any atom is -0.465 e. The number of hydrogen-bond donors (Lipinski definition) is 5. The first-order chi connectivity index (χ1) is 12.0. The fraction of sp³-hybridized carbons (Fsp3) is 0.471. The number of benzene rings is 1. The number of hydrogen-bond acceptors (Lipinski definition) is 4. The number of H-pyrrole nitrogens is 1. The quantitative estimate of drug-likeness (QED) is 0.509. The molecule has 2 heterocycles. The molecule has 0 aliphatic carbocycles. The first kappa shape index (κ1) is 17.2. The van der Waals surface area contributed by atoms with Crippen LogP contribution in [0.3, 0.4) is 0 Å². The average molecular weight is 345 g/mol. The largest absolute Gasteiger partial charge is 0.465 e. The van der Waals surface area contributed by atoms with E-state index >= 15 is 0 Å². The van der Waals surface area contributed by atoms with E-state index in [9.17, 15) is 9.59 Å². The first-order valence-electron chi connectivity index (χ1n) is 8.49. The molecule has 8 nitrogen and oxygen atoms in total. The molecule has 2 amide bonds. The molecule has 0 unspecified atom stereocenters. The van der Waals surface area contributed by atoms with Crippen molar-refractivity contribution in [2.75, 3.05) is 19.6 Å².